The van der Waals surface area contributed by atoms with E-state index in [4.69, 9.17) is 9.47 Å². The van der Waals surface area contributed by atoms with E-state index in [1.165, 1.54) is 11.3 Å². The first-order chi connectivity index (χ1) is 14.2. The Bertz CT molecular complexity index is 990. The van der Waals surface area contributed by atoms with Gasteiger partial charge in [-0.2, -0.15) is 0 Å². The molecule has 1 saturated heterocycles. The molecule has 2 amide bonds. The van der Waals surface area contributed by atoms with Gasteiger partial charge in [-0.3, -0.25) is 14.5 Å². The van der Waals surface area contributed by atoms with Crippen LogP contribution in [0, 0.1) is 35.5 Å². The van der Waals surface area contributed by atoms with Gasteiger partial charge in [0.2, 0.25) is 11.8 Å². The van der Waals surface area contributed by atoms with Crippen molar-refractivity contribution in [1.29, 1.82) is 0 Å². The molecule has 5 heteroatoms. The van der Waals surface area contributed by atoms with E-state index in [0.29, 0.717) is 29.0 Å². The van der Waals surface area contributed by atoms with Crippen LogP contribution in [0.1, 0.15) is 6.42 Å². The second kappa shape index (κ2) is 5.96. The van der Waals surface area contributed by atoms with Crippen molar-refractivity contribution in [1.82, 2.24) is 0 Å². The third-order valence-corrected chi connectivity index (χ3v) is 7.05. The summed E-state index contributed by atoms with van der Waals surface area (Å²) in [5.41, 5.74) is 0.629. The number of allylic oxidation sites excluding steroid dienone is 2. The summed E-state index contributed by atoms with van der Waals surface area (Å²) in [5, 5.41) is 0. The lowest BCUT2D eigenvalue weighted by Crippen LogP contribution is -2.40. The fourth-order valence-electron chi connectivity index (χ4n) is 5.65. The Morgan fingerprint density at radius 3 is 1.76 bits per heavy atom. The largest absolute Gasteiger partial charge is 0.497 e. The molecule has 6 atom stereocenters. The van der Waals surface area contributed by atoms with Crippen LogP contribution >= 0.6 is 0 Å². The maximum absolute atomic E-state index is 13.2. The normalized spacial score (nSPS) is 33.5. The van der Waals surface area contributed by atoms with Crippen molar-refractivity contribution in [3.05, 3.63) is 60.7 Å². The summed E-state index contributed by atoms with van der Waals surface area (Å²) in [4.78, 5) is 27.7. The van der Waals surface area contributed by atoms with E-state index in [-0.39, 0.29) is 35.5 Å². The number of anilines is 1. The summed E-state index contributed by atoms with van der Waals surface area (Å²) in [5.74, 6) is 3.42. The number of imide groups is 1. The zero-order chi connectivity index (χ0) is 19.7. The molecule has 7 rings (SSSR count). The van der Waals surface area contributed by atoms with Gasteiger partial charge in [-0.25, -0.2) is 0 Å². The van der Waals surface area contributed by atoms with Gasteiger partial charge in [0.25, 0.3) is 0 Å². The molecular weight excluding hydrogens is 366 g/mol. The molecular formula is C24H21NO4. The lowest BCUT2D eigenvalue weighted by Gasteiger charge is -2.37. The van der Waals surface area contributed by atoms with Crippen LogP contribution in [-0.4, -0.2) is 18.9 Å². The number of carbonyl (C=O) groups is 2. The Morgan fingerprint density at radius 1 is 0.759 bits per heavy atom. The number of nitrogens with zero attached hydrogens (tertiary/aromatic N) is 1. The number of rotatable bonds is 4. The second-order valence-corrected chi connectivity index (χ2v) is 8.44. The number of amides is 2. The summed E-state index contributed by atoms with van der Waals surface area (Å²) in [6, 6.07) is 14.5. The van der Waals surface area contributed by atoms with Crippen molar-refractivity contribution in [2.45, 2.75) is 6.42 Å². The minimum absolute atomic E-state index is 0.0338. The first-order valence-corrected chi connectivity index (χ1v) is 10.1. The highest BCUT2D eigenvalue weighted by Crippen LogP contribution is 2.65. The number of methoxy groups -OCH3 is 1. The Hall–Kier alpha value is -3.08. The quantitative estimate of drug-likeness (QED) is 0.587. The molecule has 1 aliphatic heterocycles. The monoisotopic (exact) mass is 387 g/mol. The Balaban J connectivity index is 1.23. The molecule has 2 saturated carbocycles. The second-order valence-electron chi connectivity index (χ2n) is 8.44. The third-order valence-electron chi connectivity index (χ3n) is 7.05. The van der Waals surface area contributed by atoms with E-state index in [9.17, 15) is 9.59 Å². The Labute approximate surface area is 168 Å². The highest BCUT2D eigenvalue weighted by atomic mass is 16.5. The average Bonchev–Trinajstić information content (AvgIpc) is 3.53. The molecule has 2 bridgehead atoms. The molecule has 5 aliphatic rings. The molecule has 0 N–H and O–H groups in total. The smallest absolute Gasteiger partial charge is 0.238 e. The van der Waals surface area contributed by atoms with Gasteiger partial charge in [0.15, 0.2) is 0 Å². The third kappa shape index (κ3) is 2.40. The van der Waals surface area contributed by atoms with E-state index >= 15 is 0 Å². The van der Waals surface area contributed by atoms with Gasteiger partial charge >= 0.3 is 0 Å². The van der Waals surface area contributed by atoms with Crippen LogP contribution in [0.25, 0.3) is 0 Å². The van der Waals surface area contributed by atoms with Crippen molar-refractivity contribution in [2.24, 2.45) is 35.5 Å². The van der Waals surface area contributed by atoms with E-state index in [1.54, 1.807) is 31.4 Å². The maximum Gasteiger partial charge on any atom is 0.238 e. The van der Waals surface area contributed by atoms with E-state index in [0.717, 1.165) is 5.75 Å². The zero-order valence-electron chi connectivity index (χ0n) is 16.0. The van der Waals surface area contributed by atoms with Crippen LogP contribution in [0.4, 0.5) is 5.69 Å². The predicted molar refractivity (Wildman–Crippen MR) is 107 cm³/mol. The summed E-state index contributed by atoms with van der Waals surface area (Å²) >= 11 is 0. The fraction of sp³-hybridized carbons (Fsp3) is 0.333. The van der Waals surface area contributed by atoms with Crippen LogP contribution < -0.4 is 14.4 Å². The molecule has 0 aromatic heterocycles. The zero-order valence-corrected chi connectivity index (χ0v) is 16.0. The van der Waals surface area contributed by atoms with Gasteiger partial charge in [-0.15, -0.1) is 0 Å². The number of carbonyl (C=O) groups excluding carboxylic acids is 2. The van der Waals surface area contributed by atoms with E-state index < -0.39 is 0 Å². The Morgan fingerprint density at radius 2 is 1.24 bits per heavy atom. The highest BCUT2D eigenvalue weighted by molar-refractivity contribution is 6.22. The first kappa shape index (κ1) is 16.8. The molecule has 2 aromatic carbocycles. The van der Waals surface area contributed by atoms with Gasteiger partial charge in [0, 0.05) is 0 Å². The highest BCUT2D eigenvalue weighted by Gasteiger charge is 2.67. The fourth-order valence-corrected chi connectivity index (χ4v) is 5.65. The van der Waals surface area contributed by atoms with Crippen molar-refractivity contribution in [2.75, 3.05) is 12.0 Å². The number of benzene rings is 2. The average molecular weight is 387 g/mol. The van der Waals surface area contributed by atoms with E-state index in [2.05, 4.69) is 12.2 Å². The molecule has 29 heavy (non-hydrogen) atoms. The van der Waals surface area contributed by atoms with Gasteiger partial charge in [0.05, 0.1) is 24.6 Å². The molecule has 0 spiro atoms. The molecule has 0 radical (unpaired) electrons. The summed E-state index contributed by atoms with van der Waals surface area (Å²) in [6.07, 6.45) is 5.56. The number of hydrogen-bond acceptors (Lipinski definition) is 4. The molecule has 2 aromatic rings. The maximum atomic E-state index is 13.2. The van der Waals surface area contributed by atoms with Crippen molar-refractivity contribution >= 4 is 17.5 Å². The summed E-state index contributed by atoms with van der Waals surface area (Å²) in [6.45, 7) is 0. The van der Waals surface area contributed by atoms with Crippen LogP contribution in [0.3, 0.4) is 0 Å². The predicted octanol–water partition coefficient (Wildman–Crippen LogP) is 4.05. The van der Waals surface area contributed by atoms with Gasteiger partial charge < -0.3 is 9.47 Å². The van der Waals surface area contributed by atoms with Gasteiger partial charge in [0.1, 0.15) is 17.2 Å². The van der Waals surface area contributed by atoms with Gasteiger partial charge in [-0.1, -0.05) is 12.2 Å². The topological polar surface area (TPSA) is 55.8 Å². The van der Waals surface area contributed by atoms with E-state index in [1.807, 2.05) is 24.3 Å². The Kier molecular flexibility index (Phi) is 3.46. The van der Waals surface area contributed by atoms with Crippen LogP contribution in [-0.2, 0) is 9.59 Å². The van der Waals surface area contributed by atoms with Crippen molar-refractivity contribution in [3.63, 3.8) is 0 Å². The molecule has 146 valence electrons. The summed E-state index contributed by atoms with van der Waals surface area (Å²) < 4.78 is 11.0. The molecule has 5 nitrogen and oxygen atoms in total. The van der Waals surface area contributed by atoms with Gasteiger partial charge in [-0.05, 0) is 78.6 Å². The lowest BCUT2D eigenvalue weighted by atomic mass is 9.63. The standard InChI is InChI=1S/C24H21NO4/c1-28-14-6-8-16(9-7-14)29-15-4-2-13(3-5-15)25-23(26)21-17-10-11-18(20-12-19(17)20)22(21)24(25)27/h2-11,17-22H,12H2,1H3/t17-,18-,19-,20+,21+,22-/m1/s1. The SMILES string of the molecule is COc1ccc(Oc2ccc(N3C(=O)[C@@H]4[C@@H]5C=C[C@H]([C@H]6C[C@@H]56)[C@@H]4C3=O)cc2)cc1. The lowest BCUT2D eigenvalue weighted by molar-refractivity contribution is -0.124. The van der Waals surface area contributed by atoms with Crippen molar-refractivity contribution in [3.8, 4) is 17.2 Å². The van der Waals surface area contributed by atoms with Crippen LogP contribution in [0.15, 0.2) is 60.7 Å². The number of hydrogen-bond donors (Lipinski definition) is 0. The minimum Gasteiger partial charge on any atom is -0.497 e. The van der Waals surface area contributed by atoms with Crippen LogP contribution in [0.2, 0.25) is 0 Å². The minimum atomic E-state index is -0.170. The number of ether oxygens (including phenoxy) is 2. The molecule has 3 fully saturated rings. The molecule has 0 unspecified atom stereocenters. The van der Waals surface area contributed by atoms with Crippen LogP contribution in [0.5, 0.6) is 17.2 Å². The molecule has 4 aliphatic carbocycles. The molecule has 1 heterocycles. The van der Waals surface area contributed by atoms with Crippen molar-refractivity contribution < 1.29 is 19.1 Å². The summed E-state index contributed by atoms with van der Waals surface area (Å²) in [7, 11) is 1.62. The first-order valence-electron chi connectivity index (χ1n) is 10.1.